The molecule has 0 radical (unpaired) electrons. The van der Waals surface area contributed by atoms with E-state index in [4.69, 9.17) is 10.6 Å². The summed E-state index contributed by atoms with van der Waals surface area (Å²) in [7, 11) is 1.56. The lowest BCUT2D eigenvalue weighted by Crippen LogP contribution is -2.41. The van der Waals surface area contributed by atoms with Crippen molar-refractivity contribution in [3.63, 3.8) is 0 Å². The van der Waals surface area contributed by atoms with Crippen LogP contribution in [0.5, 0.6) is 0 Å². The molecular formula is C13H24N6O2. The van der Waals surface area contributed by atoms with Crippen LogP contribution < -0.4 is 16.6 Å². The van der Waals surface area contributed by atoms with E-state index in [0.717, 1.165) is 0 Å². The average molecular weight is 296 g/mol. The third kappa shape index (κ3) is 4.83. The maximum atomic E-state index is 12.2. The Morgan fingerprint density at radius 1 is 1.38 bits per heavy atom. The minimum atomic E-state index is -0.388. The smallest absolute Gasteiger partial charge is 0.244 e. The van der Waals surface area contributed by atoms with Gasteiger partial charge in [-0.05, 0) is 20.8 Å². The molecule has 0 fully saturated rings. The lowest BCUT2D eigenvalue weighted by molar-refractivity contribution is -0.131. The molecule has 118 valence electrons. The molecule has 1 aromatic rings. The number of amides is 1. The zero-order valence-corrected chi connectivity index (χ0v) is 13.0. The number of nitrogen functional groups attached to an aromatic ring is 1. The molecule has 0 bridgehead atoms. The molecule has 1 heterocycles. The Labute approximate surface area is 125 Å². The molecule has 0 aromatic carbocycles. The zero-order chi connectivity index (χ0) is 15.8. The number of ether oxygens (including phenoxy) is 1. The van der Waals surface area contributed by atoms with E-state index in [1.165, 1.54) is 0 Å². The van der Waals surface area contributed by atoms with Crippen LogP contribution in [0.4, 0.5) is 11.6 Å². The third-order valence-electron chi connectivity index (χ3n) is 3.00. The number of hydrazine groups is 1. The van der Waals surface area contributed by atoms with Crippen molar-refractivity contribution in [2.75, 3.05) is 30.9 Å². The zero-order valence-electron chi connectivity index (χ0n) is 13.0. The van der Waals surface area contributed by atoms with Crippen LogP contribution in [-0.4, -0.2) is 47.0 Å². The number of aromatic nitrogens is 2. The van der Waals surface area contributed by atoms with E-state index in [9.17, 15) is 4.79 Å². The number of methoxy groups -OCH3 is 1. The highest BCUT2D eigenvalue weighted by molar-refractivity contribution is 5.84. The lowest BCUT2D eigenvalue weighted by atomic mass is 10.2. The van der Waals surface area contributed by atoms with E-state index in [1.54, 1.807) is 25.0 Å². The Morgan fingerprint density at radius 2 is 2.00 bits per heavy atom. The fourth-order valence-corrected chi connectivity index (χ4v) is 1.93. The molecule has 21 heavy (non-hydrogen) atoms. The highest BCUT2D eigenvalue weighted by atomic mass is 16.5. The summed E-state index contributed by atoms with van der Waals surface area (Å²) in [5, 5.41) is 3.07. The van der Waals surface area contributed by atoms with Crippen LogP contribution in [0.25, 0.3) is 0 Å². The summed E-state index contributed by atoms with van der Waals surface area (Å²) in [4.78, 5) is 22.4. The first-order chi connectivity index (χ1) is 10.0. The molecule has 1 aromatic heterocycles. The maximum Gasteiger partial charge on any atom is 0.244 e. The van der Waals surface area contributed by atoms with Crippen LogP contribution >= 0.6 is 0 Å². The van der Waals surface area contributed by atoms with Gasteiger partial charge in [-0.15, -0.1) is 0 Å². The van der Waals surface area contributed by atoms with Gasteiger partial charge in [-0.25, -0.2) is 15.8 Å². The number of nitrogens with zero attached hydrogens (tertiary/aromatic N) is 3. The van der Waals surface area contributed by atoms with Crippen molar-refractivity contribution in [2.24, 2.45) is 5.84 Å². The molecule has 4 N–H and O–H groups in total. The highest BCUT2D eigenvalue weighted by Gasteiger charge is 2.18. The van der Waals surface area contributed by atoms with Gasteiger partial charge < -0.3 is 20.4 Å². The largest absolute Gasteiger partial charge is 0.377 e. The average Bonchev–Trinajstić information content (AvgIpc) is 2.48. The molecule has 0 spiro atoms. The van der Waals surface area contributed by atoms with Crippen LogP contribution in [0.1, 0.15) is 26.6 Å². The molecule has 0 aliphatic heterocycles. The van der Waals surface area contributed by atoms with Crippen LogP contribution in [0.2, 0.25) is 0 Å². The number of anilines is 2. The van der Waals surface area contributed by atoms with Crippen LogP contribution in [0.15, 0.2) is 6.07 Å². The van der Waals surface area contributed by atoms with Gasteiger partial charge in [0.15, 0.2) is 5.82 Å². The normalized spacial score (nSPS) is 11.9. The highest BCUT2D eigenvalue weighted by Crippen LogP contribution is 2.13. The second-order valence-corrected chi connectivity index (χ2v) is 4.51. The molecule has 8 nitrogen and oxygen atoms in total. The quantitative estimate of drug-likeness (QED) is 0.476. The third-order valence-corrected chi connectivity index (χ3v) is 3.00. The van der Waals surface area contributed by atoms with Crippen LogP contribution in [-0.2, 0) is 16.1 Å². The number of likely N-dealkylation sites (N-methyl/N-ethyl adjacent to an activating group) is 1. The van der Waals surface area contributed by atoms with Gasteiger partial charge in [0.2, 0.25) is 5.91 Å². The molecule has 1 rings (SSSR count). The predicted octanol–water partition coefficient (Wildman–Crippen LogP) is 0.577. The van der Waals surface area contributed by atoms with Crippen molar-refractivity contribution < 1.29 is 9.53 Å². The van der Waals surface area contributed by atoms with E-state index in [-0.39, 0.29) is 18.6 Å². The molecule has 0 saturated heterocycles. The molecule has 0 saturated carbocycles. The molecule has 1 amide bonds. The summed E-state index contributed by atoms with van der Waals surface area (Å²) >= 11 is 0. The van der Waals surface area contributed by atoms with Crippen molar-refractivity contribution in [2.45, 2.75) is 33.4 Å². The topological polar surface area (TPSA) is 105 Å². The van der Waals surface area contributed by atoms with Crippen molar-refractivity contribution in [3.8, 4) is 0 Å². The molecular weight excluding hydrogens is 272 g/mol. The van der Waals surface area contributed by atoms with Crippen molar-refractivity contribution in [1.82, 2.24) is 14.9 Å². The maximum absolute atomic E-state index is 12.2. The monoisotopic (exact) mass is 296 g/mol. The van der Waals surface area contributed by atoms with Crippen LogP contribution in [0.3, 0.4) is 0 Å². The fraction of sp³-hybridized carbons (Fsp3) is 0.615. The Hall–Kier alpha value is -1.93. The molecule has 1 atom stereocenters. The van der Waals surface area contributed by atoms with Gasteiger partial charge in [0.05, 0.1) is 0 Å². The summed E-state index contributed by atoms with van der Waals surface area (Å²) in [6, 6.07) is 1.26. The number of nitrogens with two attached hydrogens (primary N) is 1. The summed E-state index contributed by atoms with van der Waals surface area (Å²) in [6.45, 7) is 7.32. The number of nitrogens with one attached hydrogen (secondary N) is 2. The molecule has 1 unspecified atom stereocenters. The fourth-order valence-electron chi connectivity index (χ4n) is 1.93. The van der Waals surface area contributed by atoms with E-state index < -0.39 is 0 Å². The minimum Gasteiger partial charge on any atom is -0.377 e. The minimum absolute atomic E-state index is 0.0224. The van der Waals surface area contributed by atoms with E-state index in [1.807, 2.05) is 13.8 Å². The number of hydrogen-bond donors (Lipinski definition) is 3. The summed E-state index contributed by atoms with van der Waals surface area (Å²) in [5.74, 6) is 6.87. The molecule has 8 heteroatoms. The van der Waals surface area contributed by atoms with Gasteiger partial charge in [0.1, 0.15) is 24.3 Å². The van der Waals surface area contributed by atoms with Gasteiger partial charge in [-0.1, -0.05) is 0 Å². The Balaban J connectivity index is 2.85. The second kappa shape index (κ2) is 8.38. The van der Waals surface area contributed by atoms with E-state index >= 15 is 0 Å². The van der Waals surface area contributed by atoms with Gasteiger partial charge in [0, 0.05) is 26.3 Å². The van der Waals surface area contributed by atoms with E-state index in [2.05, 4.69) is 20.7 Å². The first kappa shape index (κ1) is 17.1. The van der Waals surface area contributed by atoms with Crippen molar-refractivity contribution in [1.29, 1.82) is 0 Å². The van der Waals surface area contributed by atoms with Gasteiger partial charge >= 0.3 is 0 Å². The van der Waals surface area contributed by atoms with Crippen molar-refractivity contribution in [3.05, 3.63) is 11.9 Å². The number of carbonyl (C=O) groups excluding carboxylic acids is 1. The Morgan fingerprint density at radius 3 is 2.52 bits per heavy atom. The first-order valence-corrected chi connectivity index (χ1v) is 6.94. The van der Waals surface area contributed by atoms with Crippen LogP contribution in [0, 0.1) is 0 Å². The second-order valence-electron chi connectivity index (χ2n) is 4.51. The summed E-state index contributed by atoms with van der Waals surface area (Å²) in [5.41, 5.74) is 2.47. The first-order valence-electron chi connectivity index (χ1n) is 6.94. The summed E-state index contributed by atoms with van der Waals surface area (Å²) < 4.78 is 5.01. The number of rotatable bonds is 8. The van der Waals surface area contributed by atoms with Gasteiger partial charge in [0.25, 0.3) is 0 Å². The SMILES string of the molecule is CCN(CC)C(=O)C(C)Nc1cc(NN)nc(COC)n1. The van der Waals surface area contributed by atoms with Gasteiger partial charge in [-0.3, -0.25) is 4.79 Å². The number of carbonyl (C=O) groups is 1. The Kier molecular flexibility index (Phi) is 6.83. The molecule has 0 aliphatic carbocycles. The van der Waals surface area contributed by atoms with E-state index in [0.29, 0.717) is 30.5 Å². The van der Waals surface area contributed by atoms with Crippen molar-refractivity contribution >= 4 is 17.5 Å². The summed E-state index contributed by atoms with van der Waals surface area (Å²) in [6.07, 6.45) is 0. The standard InChI is InChI=1S/C13H24N6O2/c1-5-19(6-2)13(20)9(3)15-10-7-11(18-14)17-12(16-10)8-21-4/h7,9H,5-6,8,14H2,1-4H3,(H2,15,16,17,18). The number of hydrogen-bond acceptors (Lipinski definition) is 7. The Bertz CT molecular complexity index is 464. The molecule has 0 aliphatic rings. The van der Waals surface area contributed by atoms with Gasteiger partial charge in [-0.2, -0.15) is 0 Å². The predicted molar refractivity (Wildman–Crippen MR) is 81.6 cm³/mol. The lowest BCUT2D eigenvalue weighted by Gasteiger charge is -2.23.